The number of imidazole rings is 1. The fraction of sp³-hybridized carbons (Fsp3) is 0.391. The lowest BCUT2D eigenvalue weighted by Crippen LogP contribution is -2.52. The molecular weight excluding hydrogens is 873 g/mol. The summed E-state index contributed by atoms with van der Waals surface area (Å²) in [4.78, 5) is 85.5. The van der Waals surface area contributed by atoms with E-state index in [0.29, 0.717) is 91.3 Å². The standard InChI is InChI=1S/C46H47F2N11O6S/c47-32-21-28(20-30-31(32)25-59(44(30)64)41(43(63)54-45-49-11-19-66-45)40-36-2-1-12-58(36)26-51-40)27-3-7-37(50-24-27)56-15-17-57(18-16-56)39(61)23-46(65)9-13-55(14-10-46)35-6-4-29(22-33(35)48)52-34-5-8-38(60)53-42(34)62/h3-4,6-7,11,19-22,24,26,34,41,52,65H,1-2,5,8-10,12-18,23,25H2,(H,49,54,63)(H,53,60,62)/t34-,41?/m0/s1. The third-order valence-corrected chi connectivity index (χ3v) is 14.1. The molecule has 342 valence electrons. The average molecular weight is 920 g/mol. The number of benzene rings is 2. The Bertz CT molecular complexity index is 2720. The van der Waals surface area contributed by atoms with Crippen LogP contribution in [0.4, 0.5) is 31.1 Å². The number of carbonyl (C=O) groups excluding carboxylic acids is 5. The van der Waals surface area contributed by atoms with Gasteiger partial charge in [-0.1, -0.05) is 0 Å². The number of hydrogen-bond donors (Lipinski definition) is 4. The SMILES string of the molecule is O=C1CC[C@H](Nc2ccc(N3CCC(O)(CC(=O)N4CCN(c5ccc(-c6cc(F)c7c(c6)C(=O)N(C(C(=O)Nc6nccs6)c6ncn8c6CCC8)C7)cn5)CC4)CC3)c(F)c2)C(=O)N1. The third-order valence-electron chi connectivity index (χ3n) is 13.4. The minimum absolute atomic E-state index is 0.0470. The number of fused-ring (bicyclic) bond motifs is 2. The van der Waals surface area contributed by atoms with E-state index < -0.39 is 47.0 Å². The maximum Gasteiger partial charge on any atom is 0.255 e. The number of aliphatic hydroxyl groups is 1. The van der Waals surface area contributed by atoms with E-state index in [1.807, 2.05) is 21.6 Å². The molecule has 17 nitrogen and oxygen atoms in total. The lowest BCUT2D eigenvalue weighted by molar-refractivity contribution is -0.138. The number of amides is 5. The topological polar surface area (TPSA) is 198 Å². The maximum absolute atomic E-state index is 15.9. The number of aromatic nitrogens is 4. The van der Waals surface area contributed by atoms with Crippen LogP contribution in [0.15, 0.2) is 66.6 Å². The van der Waals surface area contributed by atoms with Crippen LogP contribution in [0.25, 0.3) is 11.1 Å². The van der Waals surface area contributed by atoms with Crippen LogP contribution in [-0.2, 0) is 38.7 Å². The van der Waals surface area contributed by atoms with E-state index in [2.05, 4.69) is 35.8 Å². The van der Waals surface area contributed by atoms with E-state index in [9.17, 15) is 29.1 Å². The van der Waals surface area contributed by atoms with Crippen molar-refractivity contribution in [1.82, 2.24) is 34.6 Å². The highest BCUT2D eigenvalue weighted by molar-refractivity contribution is 7.13. The normalized spacial score (nSPS) is 19.7. The van der Waals surface area contributed by atoms with E-state index >= 15 is 8.78 Å². The Labute approximate surface area is 381 Å². The summed E-state index contributed by atoms with van der Waals surface area (Å²) >= 11 is 1.26. The van der Waals surface area contributed by atoms with Crippen LogP contribution in [-0.4, -0.2) is 115 Å². The van der Waals surface area contributed by atoms with Crippen LogP contribution in [0.2, 0.25) is 0 Å². The molecule has 20 heteroatoms. The second kappa shape index (κ2) is 17.5. The summed E-state index contributed by atoms with van der Waals surface area (Å²) in [5.41, 5.74) is 2.37. The van der Waals surface area contributed by atoms with Gasteiger partial charge in [0.2, 0.25) is 17.7 Å². The predicted octanol–water partition coefficient (Wildman–Crippen LogP) is 4.25. The van der Waals surface area contributed by atoms with Gasteiger partial charge in [-0.05, 0) is 80.1 Å². The average Bonchev–Trinajstić information content (AvgIpc) is 4.13. The summed E-state index contributed by atoms with van der Waals surface area (Å²) in [5, 5.41) is 21.7. The Morgan fingerprint density at radius 2 is 1.73 bits per heavy atom. The van der Waals surface area contributed by atoms with Gasteiger partial charge in [-0.2, -0.15) is 0 Å². The van der Waals surface area contributed by atoms with Gasteiger partial charge >= 0.3 is 0 Å². The number of hydrogen-bond acceptors (Lipinski definition) is 13. The van der Waals surface area contributed by atoms with Gasteiger partial charge in [0.25, 0.3) is 11.8 Å². The van der Waals surface area contributed by atoms with Gasteiger partial charge in [-0.3, -0.25) is 34.6 Å². The second-order valence-electron chi connectivity index (χ2n) is 17.5. The molecule has 0 saturated carbocycles. The first kappa shape index (κ1) is 43.1. The molecule has 5 amide bonds. The van der Waals surface area contributed by atoms with Crippen molar-refractivity contribution in [2.75, 3.05) is 59.7 Å². The largest absolute Gasteiger partial charge is 0.389 e. The molecule has 0 bridgehead atoms. The smallest absolute Gasteiger partial charge is 0.255 e. The van der Waals surface area contributed by atoms with Crippen molar-refractivity contribution in [2.24, 2.45) is 0 Å². The number of anilines is 4. The first-order valence-corrected chi connectivity index (χ1v) is 23.0. The zero-order valence-electron chi connectivity index (χ0n) is 35.8. The van der Waals surface area contributed by atoms with Gasteiger partial charge in [0.1, 0.15) is 23.5 Å². The van der Waals surface area contributed by atoms with E-state index in [1.54, 1.807) is 47.2 Å². The third kappa shape index (κ3) is 8.45. The highest BCUT2D eigenvalue weighted by Crippen LogP contribution is 2.38. The Kier molecular flexibility index (Phi) is 11.5. The van der Waals surface area contributed by atoms with Gasteiger partial charge in [-0.15, -0.1) is 11.3 Å². The molecule has 3 saturated heterocycles. The number of piperidine rings is 2. The Balaban J connectivity index is 0.735. The number of pyridine rings is 1. The fourth-order valence-corrected chi connectivity index (χ4v) is 10.2. The number of nitrogens with zero attached hydrogens (tertiary/aromatic N) is 8. The number of imide groups is 1. The van der Waals surface area contributed by atoms with Crippen molar-refractivity contribution < 1.29 is 37.9 Å². The lowest BCUT2D eigenvalue weighted by Gasteiger charge is -2.41. The van der Waals surface area contributed by atoms with Crippen molar-refractivity contribution in [3.05, 3.63) is 101 Å². The maximum atomic E-state index is 15.9. The Morgan fingerprint density at radius 3 is 2.45 bits per heavy atom. The predicted molar refractivity (Wildman–Crippen MR) is 240 cm³/mol. The molecule has 3 aromatic heterocycles. The molecule has 3 fully saturated rings. The van der Waals surface area contributed by atoms with Crippen LogP contribution in [0.5, 0.6) is 0 Å². The molecule has 0 aliphatic carbocycles. The van der Waals surface area contributed by atoms with Crippen LogP contribution in [0.3, 0.4) is 0 Å². The van der Waals surface area contributed by atoms with Crippen molar-refractivity contribution >= 4 is 63.2 Å². The summed E-state index contributed by atoms with van der Waals surface area (Å²) < 4.78 is 33.2. The molecule has 5 aliphatic heterocycles. The first-order valence-electron chi connectivity index (χ1n) is 22.1. The molecule has 0 radical (unpaired) electrons. The van der Waals surface area contributed by atoms with Gasteiger partial charge in [-0.25, -0.2) is 23.7 Å². The lowest BCUT2D eigenvalue weighted by atomic mass is 9.87. The minimum Gasteiger partial charge on any atom is -0.389 e. The fourth-order valence-electron chi connectivity index (χ4n) is 9.71. The summed E-state index contributed by atoms with van der Waals surface area (Å²) in [6.45, 7) is 3.24. The molecule has 2 aromatic carbocycles. The quantitative estimate of drug-likeness (QED) is 0.138. The molecule has 2 atom stereocenters. The highest BCUT2D eigenvalue weighted by atomic mass is 32.1. The van der Waals surface area contributed by atoms with Gasteiger partial charge in [0, 0.05) is 98.1 Å². The summed E-state index contributed by atoms with van der Waals surface area (Å²) in [6, 6.07) is 9.58. The zero-order chi connectivity index (χ0) is 45.7. The van der Waals surface area contributed by atoms with Crippen molar-refractivity contribution in [3.63, 3.8) is 0 Å². The molecule has 66 heavy (non-hydrogen) atoms. The molecule has 8 heterocycles. The number of piperazine rings is 1. The zero-order valence-corrected chi connectivity index (χ0v) is 36.7. The molecular formula is C46H47F2N11O6S. The molecule has 1 unspecified atom stereocenters. The number of rotatable bonds is 11. The van der Waals surface area contributed by atoms with Crippen molar-refractivity contribution in [1.29, 1.82) is 0 Å². The molecule has 4 N–H and O–H groups in total. The number of thiazole rings is 1. The summed E-state index contributed by atoms with van der Waals surface area (Å²) in [6.07, 6.45) is 7.55. The van der Waals surface area contributed by atoms with Crippen LogP contribution >= 0.6 is 11.3 Å². The number of nitrogens with one attached hydrogen (secondary N) is 3. The molecule has 5 aromatic rings. The second-order valence-corrected chi connectivity index (χ2v) is 18.4. The van der Waals surface area contributed by atoms with Crippen LogP contribution in [0, 0.1) is 11.6 Å². The van der Waals surface area contributed by atoms with Gasteiger partial charge in [0.15, 0.2) is 11.2 Å². The highest BCUT2D eigenvalue weighted by Gasteiger charge is 2.43. The monoisotopic (exact) mass is 919 g/mol. The number of aryl methyl sites for hydroxylation is 1. The minimum atomic E-state index is -1.23. The van der Waals surface area contributed by atoms with Gasteiger partial charge in [0.05, 0.1) is 36.3 Å². The van der Waals surface area contributed by atoms with E-state index in [-0.39, 0.29) is 55.2 Å². The summed E-state index contributed by atoms with van der Waals surface area (Å²) in [7, 11) is 0. The number of halogens is 2. The Hall–Kier alpha value is -6.80. The van der Waals surface area contributed by atoms with Crippen LogP contribution < -0.4 is 25.8 Å². The van der Waals surface area contributed by atoms with E-state index in [4.69, 9.17) is 0 Å². The van der Waals surface area contributed by atoms with Gasteiger partial charge < -0.3 is 34.6 Å². The molecule has 10 rings (SSSR count). The molecule has 0 spiro atoms. The number of carbonyl (C=O) groups is 5. The van der Waals surface area contributed by atoms with E-state index in [0.717, 1.165) is 18.7 Å². The summed E-state index contributed by atoms with van der Waals surface area (Å²) in [5.74, 6) is -2.23. The molecule has 5 aliphatic rings. The van der Waals surface area contributed by atoms with Crippen LogP contribution in [0.1, 0.15) is 71.9 Å². The first-order chi connectivity index (χ1) is 31.9. The van der Waals surface area contributed by atoms with Crippen molar-refractivity contribution in [2.45, 2.75) is 75.7 Å². The Morgan fingerprint density at radius 1 is 0.909 bits per heavy atom. The van der Waals surface area contributed by atoms with Crippen molar-refractivity contribution in [3.8, 4) is 11.1 Å². The van der Waals surface area contributed by atoms with E-state index in [1.165, 1.54) is 28.4 Å².